The summed E-state index contributed by atoms with van der Waals surface area (Å²) in [4.78, 5) is 22.8. The van der Waals surface area contributed by atoms with Crippen LogP contribution < -0.4 is 0 Å². The second-order valence-electron chi connectivity index (χ2n) is 5.72. The van der Waals surface area contributed by atoms with Gasteiger partial charge in [0.05, 0.1) is 6.61 Å². The molecule has 0 aromatic carbocycles. The lowest BCUT2D eigenvalue weighted by Gasteiger charge is -2.37. The summed E-state index contributed by atoms with van der Waals surface area (Å²) in [5.41, 5.74) is 0. The summed E-state index contributed by atoms with van der Waals surface area (Å²) >= 11 is 0. The van der Waals surface area contributed by atoms with Crippen LogP contribution in [0, 0.1) is 17.8 Å². The number of esters is 2. The van der Waals surface area contributed by atoms with E-state index in [2.05, 4.69) is 6.92 Å². The minimum Gasteiger partial charge on any atom is -0.466 e. The first-order chi connectivity index (χ1) is 8.93. The summed E-state index contributed by atoms with van der Waals surface area (Å²) in [5, 5.41) is 0. The Morgan fingerprint density at radius 2 is 2.00 bits per heavy atom. The van der Waals surface area contributed by atoms with Gasteiger partial charge in [0.2, 0.25) is 0 Å². The number of hydrogen-bond acceptors (Lipinski definition) is 4. The van der Waals surface area contributed by atoms with E-state index < -0.39 is 0 Å². The van der Waals surface area contributed by atoms with E-state index in [0.717, 1.165) is 19.3 Å². The van der Waals surface area contributed by atoms with Crippen molar-refractivity contribution in [1.82, 2.24) is 0 Å². The van der Waals surface area contributed by atoms with E-state index in [0.29, 0.717) is 18.9 Å². The first kappa shape index (κ1) is 16.0. The van der Waals surface area contributed by atoms with Crippen molar-refractivity contribution in [1.29, 1.82) is 0 Å². The van der Waals surface area contributed by atoms with E-state index in [1.807, 2.05) is 13.8 Å². The minimum atomic E-state index is -0.229. The molecule has 0 aromatic heterocycles. The maximum Gasteiger partial charge on any atom is 0.306 e. The molecule has 19 heavy (non-hydrogen) atoms. The van der Waals surface area contributed by atoms with E-state index in [1.54, 1.807) is 0 Å². The summed E-state index contributed by atoms with van der Waals surface area (Å²) < 4.78 is 10.4. The number of rotatable bonds is 5. The number of ether oxygens (including phenoxy) is 2. The van der Waals surface area contributed by atoms with Crippen LogP contribution in [0.5, 0.6) is 0 Å². The SMILES string of the molecule is CCOC(=O)C[C@H](C)[C@H]1CC[C@H](C)C[C@@H]1OC(C)=O. The third-order valence-corrected chi connectivity index (χ3v) is 3.95. The largest absolute Gasteiger partial charge is 0.466 e. The van der Waals surface area contributed by atoms with Gasteiger partial charge in [-0.3, -0.25) is 9.59 Å². The average molecular weight is 270 g/mol. The fraction of sp³-hybridized carbons (Fsp3) is 0.867. The smallest absolute Gasteiger partial charge is 0.306 e. The Labute approximate surface area is 115 Å². The molecule has 0 spiro atoms. The van der Waals surface area contributed by atoms with Gasteiger partial charge < -0.3 is 9.47 Å². The lowest BCUT2D eigenvalue weighted by molar-refractivity contribution is -0.154. The van der Waals surface area contributed by atoms with Gasteiger partial charge in [-0.15, -0.1) is 0 Å². The van der Waals surface area contributed by atoms with Crippen LogP contribution in [0.4, 0.5) is 0 Å². The van der Waals surface area contributed by atoms with Gasteiger partial charge in [0, 0.05) is 13.3 Å². The number of carbonyl (C=O) groups excluding carboxylic acids is 2. The van der Waals surface area contributed by atoms with Crippen molar-refractivity contribution in [3.8, 4) is 0 Å². The van der Waals surface area contributed by atoms with Crippen molar-refractivity contribution < 1.29 is 19.1 Å². The normalized spacial score (nSPS) is 28.5. The Bertz CT molecular complexity index is 313. The Hall–Kier alpha value is -1.06. The van der Waals surface area contributed by atoms with Crippen LogP contribution in [0.3, 0.4) is 0 Å². The second kappa shape index (κ2) is 7.51. The monoisotopic (exact) mass is 270 g/mol. The van der Waals surface area contributed by atoms with Gasteiger partial charge in [-0.25, -0.2) is 0 Å². The summed E-state index contributed by atoms with van der Waals surface area (Å²) in [6.45, 7) is 7.91. The zero-order chi connectivity index (χ0) is 14.4. The quantitative estimate of drug-likeness (QED) is 0.721. The van der Waals surface area contributed by atoms with Gasteiger partial charge in [0.15, 0.2) is 0 Å². The molecule has 0 radical (unpaired) electrons. The fourth-order valence-corrected chi connectivity index (χ4v) is 2.99. The zero-order valence-corrected chi connectivity index (χ0v) is 12.5. The summed E-state index contributed by atoms with van der Waals surface area (Å²) in [6.07, 6.45) is 3.41. The predicted octanol–water partition coefficient (Wildman–Crippen LogP) is 2.94. The Morgan fingerprint density at radius 3 is 2.58 bits per heavy atom. The topological polar surface area (TPSA) is 52.6 Å². The second-order valence-corrected chi connectivity index (χ2v) is 5.72. The maximum atomic E-state index is 11.6. The summed E-state index contributed by atoms with van der Waals surface area (Å²) in [6, 6.07) is 0. The lowest BCUT2D eigenvalue weighted by atomic mass is 9.74. The summed E-state index contributed by atoms with van der Waals surface area (Å²) in [5.74, 6) is 0.651. The van der Waals surface area contributed by atoms with E-state index >= 15 is 0 Å². The predicted molar refractivity (Wildman–Crippen MR) is 72.5 cm³/mol. The van der Waals surface area contributed by atoms with Gasteiger partial charge in [-0.1, -0.05) is 20.3 Å². The number of hydrogen-bond donors (Lipinski definition) is 0. The Morgan fingerprint density at radius 1 is 1.32 bits per heavy atom. The molecule has 1 saturated carbocycles. The highest BCUT2D eigenvalue weighted by Gasteiger charge is 2.35. The maximum absolute atomic E-state index is 11.6. The van der Waals surface area contributed by atoms with Crippen molar-refractivity contribution in [3.05, 3.63) is 0 Å². The molecule has 1 aliphatic rings. The fourth-order valence-electron chi connectivity index (χ4n) is 2.99. The van der Waals surface area contributed by atoms with Crippen LogP contribution in [-0.4, -0.2) is 24.6 Å². The van der Waals surface area contributed by atoms with Gasteiger partial charge >= 0.3 is 11.9 Å². The van der Waals surface area contributed by atoms with E-state index in [-0.39, 0.29) is 29.9 Å². The first-order valence-corrected chi connectivity index (χ1v) is 7.26. The highest BCUT2D eigenvalue weighted by atomic mass is 16.5. The molecule has 4 nitrogen and oxygen atoms in total. The lowest BCUT2D eigenvalue weighted by Crippen LogP contribution is -2.37. The molecule has 0 aliphatic heterocycles. The minimum absolute atomic E-state index is 0.0503. The van der Waals surface area contributed by atoms with Crippen LogP contribution in [-0.2, 0) is 19.1 Å². The molecule has 1 aliphatic carbocycles. The molecule has 0 saturated heterocycles. The molecule has 0 aromatic rings. The molecule has 0 bridgehead atoms. The van der Waals surface area contributed by atoms with Gasteiger partial charge in [-0.05, 0) is 37.5 Å². The molecule has 1 fully saturated rings. The van der Waals surface area contributed by atoms with Crippen molar-refractivity contribution in [2.45, 2.75) is 59.5 Å². The van der Waals surface area contributed by atoms with Gasteiger partial charge in [0.1, 0.15) is 6.10 Å². The van der Waals surface area contributed by atoms with Crippen LogP contribution in [0.2, 0.25) is 0 Å². The molecular formula is C15H26O4. The highest BCUT2D eigenvalue weighted by Crippen LogP contribution is 2.36. The number of carbonyl (C=O) groups is 2. The van der Waals surface area contributed by atoms with E-state index in [1.165, 1.54) is 6.92 Å². The van der Waals surface area contributed by atoms with E-state index in [9.17, 15) is 9.59 Å². The van der Waals surface area contributed by atoms with Gasteiger partial charge in [-0.2, -0.15) is 0 Å². The average Bonchev–Trinajstić information content (AvgIpc) is 2.28. The molecule has 4 atom stereocenters. The molecule has 1 rings (SSSR count). The van der Waals surface area contributed by atoms with Crippen LogP contribution in [0.15, 0.2) is 0 Å². The summed E-state index contributed by atoms with van der Waals surface area (Å²) in [7, 11) is 0. The standard InChI is InChI=1S/C15H26O4/c1-5-18-15(17)9-11(3)13-7-6-10(2)8-14(13)19-12(4)16/h10-11,13-14H,5-9H2,1-4H3/t10-,11-,13+,14-/m0/s1. The first-order valence-electron chi connectivity index (χ1n) is 7.26. The molecular weight excluding hydrogens is 244 g/mol. The van der Waals surface area contributed by atoms with Crippen molar-refractivity contribution >= 4 is 11.9 Å². The van der Waals surface area contributed by atoms with Crippen LogP contribution in [0.25, 0.3) is 0 Å². The van der Waals surface area contributed by atoms with Crippen molar-refractivity contribution in [2.24, 2.45) is 17.8 Å². The van der Waals surface area contributed by atoms with Crippen molar-refractivity contribution in [3.63, 3.8) is 0 Å². The molecule has 4 heteroatoms. The molecule has 110 valence electrons. The van der Waals surface area contributed by atoms with E-state index in [4.69, 9.17) is 9.47 Å². The van der Waals surface area contributed by atoms with Gasteiger partial charge in [0.25, 0.3) is 0 Å². The highest BCUT2D eigenvalue weighted by molar-refractivity contribution is 5.69. The zero-order valence-electron chi connectivity index (χ0n) is 12.5. The molecule has 0 amide bonds. The molecule has 0 N–H and O–H groups in total. The Kier molecular flexibility index (Phi) is 6.32. The van der Waals surface area contributed by atoms with Crippen LogP contribution in [0.1, 0.15) is 53.4 Å². The van der Waals surface area contributed by atoms with Crippen molar-refractivity contribution in [2.75, 3.05) is 6.61 Å². The molecule has 0 heterocycles. The Balaban J connectivity index is 2.60. The third-order valence-electron chi connectivity index (χ3n) is 3.95. The third kappa shape index (κ3) is 5.21. The van der Waals surface area contributed by atoms with Crippen LogP contribution >= 0.6 is 0 Å². The molecule has 0 unspecified atom stereocenters.